The SMILES string of the molecule is CC(O)C(=O)O.CCO.CCOC(=O)C(C)O. The number of aliphatic hydroxyl groups is 3. The zero-order chi connectivity index (χ0) is 14.4. The van der Waals surface area contributed by atoms with Crippen LogP contribution in [0, 0.1) is 0 Å². The minimum atomic E-state index is -1.23. The zero-order valence-electron chi connectivity index (χ0n) is 10.6. The van der Waals surface area contributed by atoms with Gasteiger partial charge in [0.1, 0.15) is 12.2 Å². The van der Waals surface area contributed by atoms with E-state index >= 15 is 0 Å². The smallest absolute Gasteiger partial charge is 0.334 e. The van der Waals surface area contributed by atoms with Crippen LogP contribution < -0.4 is 0 Å². The maximum atomic E-state index is 10.3. The van der Waals surface area contributed by atoms with E-state index in [1.165, 1.54) is 13.8 Å². The Labute approximate surface area is 101 Å². The Hall–Kier alpha value is -1.18. The zero-order valence-corrected chi connectivity index (χ0v) is 10.6. The molecule has 2 unspecified atom stereocenters. The lowest BCUT2D eigenvalue weighted by molar-refractivity contribution is -0.152. The van der Waals surface area contributed by atoms with Crippen LogP contribution in [0.4, 0.5) is 0 Å². The summed E-state index contributed by atoms with van der Waals surface area (Å²) in [6.45, 7) is 6.52. The molecule has 0 aromatic carbocycles. The quantitative estimate of drug-likeness (QED) is 0.495. The summed E-state index contributed by atoms with van der Waals surface area (Å²) in [6, 6.07) is 0. The second-order valence-electron chi connectivity index (χ2n) is 2.76. The first kappa shape index (κ1) is 21.1. The fourth-order valence-corrected chi connectivity index (χ4v) is 0.263. The van der Waals surface area contributed by atoms with Crippen molar-refractivity contribution in [3.8, 4) is 0 Å². The molecule has 0 aliphatic rings. The number of carboxylic acid groups (broad SMARTS) is 1. The Bertz CT molecular complexity index is 189. The second kappa shape index (κ2) is 14.8. The van der Waals surface area contributed by atoms with Gasteiger partial charge in [0.05, 0.1) is 6.61 Å². The van der Waals surface area contributed by atoms with Gasteiger partial charge in [-0.15, -0.1) is 0 Å². The number of carbonyl (C=O) groups excluding carboxylic acids is 1. The van der Waals surface area contributed by atoms with Gasteiger partial charge in [0.2, 0.25) is 0 Å². The lowest BCUT2D eigenvalue weighted by Gasteiger charge is -2.01. The largest absolute Gasteiger partial charge is 0.479 e. The van der Waals surface area contributed by atoms with Gasteiger partial charge in [-0.1, -0.05) is 0 Å². The van der Waals surface area contributed by atoms with Crippen molar-refractivity contribution in [1.82, 2.24) is 0 Å². The van der Waals surface area contributed by atoms with Gasteiger partial charge >= 0.3 is 11.9 Å². The molecule has 0 aliphatic heterocycles. The number of aliphatic carboxylic acids is 1. The molecular formula is C10H22O7. The molecule has 7 heteroatoms. The van der Waals surface area contributed by atoms with Crippen LogP contribution in [0.15, 0.2) is 0 Å². The summed E-state index contributed by atoms with van der Waals surface area (Å²) in [4.78, 5) is 19.7. The van der Waals surface area contributed by atoms with Gasteiger partial charge in [-0.2, -0.15) is 0 Å². The number of rotatable bonds is 3. The Morgan fingerprint density at radius 3 is 1.47 bits per heavy atom. The highest BCUT2D eigenvalue weighted by atomic mass is 16.5. The molecule has 0 aromatic rings. The van der Waals surface area contributed by atoms with E-state index in [0.717, 1.165) is 0 Å². The molecule has 17 heavy (non-hydrogen) atoms. The molecule has 2 atom stereocenters. The Kier molecular flexibility index (Phi) is 18.4. The third-order valence-corrected chi connectivity index (χ3v) is 0.985. The highest BCUT2D eigenvalue weighted by molar-refractivity contribution is 5.73. The summed E-state index contributed by atoms with van der Waals surface area (Å²) in [5.74, 6) is -1.75. The third kappa shape index (κ3) is 25.3. The topological polar surface area (TPSA) is 124 Å². The van der Waals surface area contributed by atoms with E-state index in [-0.39, 0.29) is 6.61 Å². The summed E-state index contributed by atoms with van der Waals surface area (Å²) in [5.41, 5.74) is 0. The third-order valence-electron chi connectivity index (χ3n) is 0.985. The molecule has 0 bridgehead atoms. The highest BCUT2D eigenvalue weighted by Crippen LogP contribution is 1.84. The predicted octanol–water partition coefficient (Wildman–Crippen LogP) is -0.619. The van der Waals surface area contributed by atoms with Crippen LogP contribution in [0.1, 0.15) is 27.7 Å². The van der Waals surface area contributed by atoms with Crippen LogP contribution in [0.5, 0.6) is 0 Å². The molecule has 4 N–H and O–H groups in total. The first-order valence-corrected chi connectivity index (χ1v) is 5.10. The lowest BCUT2D eigenvalue weighted by atomic mass is 10.4. The van der Waals surface area contributed by atoms with Crippen molar-refractivity contribution >= 4 is 11.9 Å². The molecule has 104 valence electrons. The van der Waals surface area contributed by atoms with E-state index in [1.54, 1.807) is 13.8 Å². The number of esters is 1. The van der Waals surface area contributed by atoms with Crippen molar-refractivity contribution in [3.05, 3.63) is 0 Å². The van der Waals surface area contributed by atoms with Crippen molar-refractivity contribution in [2.75, 3.05) is 13.2 Å². The Balaban J connectivity index is -0.000000193. The fraction of sp³-hybridized carbons (Fsp3) is 0.800. The minimum absolute atomic E-state index is 0.250. The first-order valence-electron chi connectivity index (χ1n) is 5.10. The van der Waals surface area contributed by atoms with Crippen molar-refractivity contribution < 1.29 is 34.8 Å². The highest BCUT2D eigenvalue weighted by Gasteiger charge is 2.07. The van der Waals surface area contributed by atoms with Gasteiger partial charge < -0.3 is 25.2 Å². The molecule has 0 amide bonds. The number of carboxylic acids is 1. The molecule has 7 nitrogen and oxygen atoms in total. The van der Waals surface area contributed by atoms with Crippen molar-refractivity contribution in [3.63, 3.8) is 0 Å². The fourth-order valence-electron chi connectivity index (χ4n) is 0.263. The van der Waals surface area contributed by atoms with Crippen molar-refractivity contribution in [2.24, 2.45) is 0 Å². The van der Waals surface area contributed by atoms with Gasteiger partial charge in [0.25, 0.3) is 0 Å². The maximum absolute atomic E-state index is 10.3. The van der Waals surface area contributed by atoms with Crippen LogP contribution in [-0.4, -0.2) is 57.8 Å². The number of carbonyl (C=O) groups is 2. The molecule has 0 heterocycles. The standard InChI is InChI=1S/C5H10O3.C3H6O3.C2H6O/c1-3-8-5(7)4(2)6;1-2(4)3(5)6;1-2-3/h4,6H,3H2,1-2H3;2,4H,1H3,(H,5,6);3H,2H2,1H3. The van der Waals surface area contributed by atoms with Crippen LogP contribution in [0.3, 0.4) is 0 Å². The van der Waals surface area contributed by atoms with Crippen LogP contribution in [0.25, 0.3) is 0 Å². The second-order valence-corrected chi connectivity index (χ2v) is 2.76. The van der Waals surface area contributed by atoms with E-state index in [1.807, 2.05) is 0 Å². The average molecular weight is 254 g/mol. The number of ether oxygens (including phenoxy) is 1. The molecule has 0 saturated carbocycles. The number of aliphatic hydroxyl groups excluding tert-OH is 3. The molecule has 0 radical (unpaired) electrons. The van der Waals surface area contributed by atoms with E-state index in [4.69, 9.17) is 20.4 Å². The number of hydrogen-bond donors (Lipinski definition) is 4. The van der Waals surface area contributed by atoms with E-state index in [9.17, 15) is 9.59 Å². The molecule has 0 rings (SSSR count). The van der Waals surface area contributed by atoms with Gasteiger partial charge in [-0.3, -0.25) is 0 Å². The monoisotopic (exact) mass is 254 g/mol. The molecule has 0 fully saturated rings. The summed E-state index contributed by atoms with van der Waals surface area (Å²) >= 11 is 0. The van der Waals surface area contributed by atoms with Gasteiger partial charge in [-0.05, 0) is 27.7 Å². The maximum Gasteiger partial charge on any atom is 0.334 e. The van der Waals surface area contributed by atoms with Crippen LogP contribution >= 0.6 is 0 Å². The van der Waals surface area contributed by atoms with E-state index in [2.05, 4.69) is 4.74 Å². The van der Waals surface area contributed by atoms with E-state index in [0.29, 0.717) is 6.61 Å². The lowest BCUT2D eigenvalue weighted by Crippen LogP contribution is -2.18. The Morgan fingerprint density at radius 2 is 1.41 bits per heavy atom. The summed E-state index contributed by atoms with van der Waals surface area (Å²) < 4.78 is 4.41. The molecule has 0 aromatic heterocycles. The Morgan fingerprint density at radius 1 is 1.12 bits per heavy atom. The van der Waals surface area contributed by atoms with Crippen LogP contribution in [0.2, 0.25) is 0 Å². The molecule has 0 saturated heterocycles. The van der Waals surface area contributed by atoms with Crippen molar-refractivity contribution in [1.29, 1.82) is 0 Å². The normalized spacial score (nSPS) is 11.9. The van der Waals surface area contributed by atoms with Gasteiger partial charge in [0.15, 0.2) is 0 Å². The predicted molar refractivity (Wildman–Crippen MR) is 60.4 cm³/mol. The van der Waals surface area contributed by atoms with Crippen LogP contribution in [-0.2, 0) is 14.3 Å². The summed E-state index contributed by atoms with van der Waals surface area (Å²) in [7, 11) is 0. The van der Waals surface area contributed by atoms with E-state index < -0.39 is 24.1 Å². The average Bonchev–Trinajstić information content (AvgIpc) is 2.19. The van der Waals surface area contributed by atoms with Gasteiger partial charge in [0, 0.05) is 6.61 Å². The first-order chi connectivity index (χ1) is 7.74. The minimum Gasteiger partial charge on any atom is -0.479 e. The number of hydrogen-bond acceptors (Lipinski definition) is 6. The molecule has 0 aliphatic carbocycles. The molecule has 0 spiro atoms. The summed E-state index contributed by atoms with van der Waals surface area (Å²) in [6.07, 6.45) is -2.22. The summed E-state index contributed by atoms with van der Waals surface area (Å²) in [5, 5.41) is 31.8. The molecular weight excluding hydrogens is 232 g/mol. The van der Waals surface area contributed by atoms with Crippen molar-refractivity contribution in [2.45, 2.75) is 39.9 Å². The van der Waals surface area contributed by atoms with Gasteiger partial charge in [-0.25, -0.2) is 9.59 Å².